The Hall–Kier alpha value is -2.11. The van der Waals surface area contributed by atoms with Gasteiger partial charge in [0.15, 0.2) is 4.34 Å². The molecule has 8 heteroatoms. The molecule has 0 aliphatic carbocycles. The summed E-state index contributed by atoms with van der Waals surface area (Å²) in [4.78, 5) is 12.1. The Balaban J connectivity index is 1.97. The minimum atomic E-state index is -0.312. The molecule has 1 aromatic heterocycles. The van der Waals surface area contributed by atoms with E-state index >= 15 is 0 Å². The Labute approximate surface area is 130 Å². The van der Waals surface area contributed by atoms with Gasteiger partial charge in [-0.3, -0.25) is 4.79 Å². The van der Waals surface area contributed by atoms with Crippen molar-refractivity contribution in [1.29, 1.82) is 5.26 Å². The second-order valence-electron chi connectivity index (χ2n) is 4.07. The van der Waals surface area contributed by atoms with Crippen LogP contribution in [0.15, 0.2) is 28.6 Å². The zero-order chi connectivity index (χ0) is 15.2. The third kappa shape index (κ3) is 4.18. The Morgan fingerprint density at radius 2 is 2.29 bits per heavy atom. The van der Waals surface area contributed by atoms with Gasteiger partial charge in [0.05, 0.1) is 16.9 Å². The van der Waals surface area contributed by atoms with Gasteiger partial charge >= 0.3 is 0 Å². The van der Waals surface area contributed by atoms with E-state index in [2.05, 4.69) is 20.8 Å². The first-order valence-corrected chi connectivity index (χ1v) is 7.81. The SMILES string of the molecule is CNc1nnc(S[C@@H](C)C(=O)Nc2cccc(C#N)c2)s1. The molecule has 1 atom stereocenters. The van der Waals surface area contributed by atoms with E-state index in [-0.39, 0.29) is 11.2 Å². The van der Waals surface area contributed by atoms with E-state index in [0.717, 1.165) is 4.34 Å². The van der Waals surface area contributed by atoms with Crippen LogP contribution in [0.2, 0.25) is 0 Å². The van der Waals surface area contributed by atoms with Gasteiger partial charge in [0.2, 0.25) is 11.0 Å². The number of aromatic nitrogens is 2. The highest BCUT2D eigenvalue weighted by molar-refractivity contribution is 8.02. The summed E-state index contributed by atoms with van der Waals surface area (Å²) >= 11 is 2.74. The number of amides is 1. The molecule has 21 heavy (non-hydrogen) atoms. The molecule has 108 valence electrons. The van der Waals surface area contributed by atoms with Crippen LogP contribution in [0.3, 0.4) is 0 Å². The predicted octanol–water partition coefficient (Wildman–Crippen LogP) is 2.57. The van der Waals surface area contributed by atoms with Crippen LogP contribution in [0.1, 0.15) is 12.5 Å². The number of carbonyl (C=O) groups is 1. The van der Waals surface area contributed by atoms with Crippen molar-refractivity contribution in [2.24, 2.45) is 0 Å². The summed E-state index contributed by atoms with van der Waals surface area (Å²) in [6, 6.07) is 8.85. The van der Waals surface area contributed by atoms with Gasteiger partial charge in [-0.2, -0.15) is 5.26 Å². The lowest BCUT2D eigenvalue weighted by atomic mass is 10.2. The maximum Gasteiger partial charge on any atom is 0.237 e. The average Bonchev–Trinajstić information content (AvgIpc) is 2.95. The average molecular weight is 319 g/mol. The number of hydrogen-bond donors (Lipinski definition) is 2. The number of carbonyl (C=O) groups excluding carboxylic acids is 1. The molecule has 0 spiro atoms. The van der Waals surface area contributed by atoms with Crippen LogP contribution in [0, 0.1) is 11.3 Å². The molecule has 0 fully saturated rings. The molecule has 6 nitrogen and oxygen atoms in total. The molecule has 2 aromatic rings. The van der Waals surface area contributed by atoms with Crippen molar-refractivity contribution in [2.75, 3.05) is 17.7 Å². The summed E-state index contributed by atoms with van der Waals surface area (Å²) in [5.41, 5.74) is 1.12. The standard InChI is InChI=1S/C13H13N5OS2/c1-8(20-13-18-17-12(15-2)21-13)11(19)16-10-5-3-4-9(6-10)7-14/h3-6,8H,1-2H3,(H,15,17)(H,16,19)/t8-/m0/s1. The van der Waals surface area contributed by atoms with Crippen LogP contribution in [-0.2, 0) is 4.79 Å². The van der Waals surface area contributed by atoms with Crippen molar-refractivity contribution in [3.05, 3.63) is 29.8 Å². The first-order valence-electron chi connectivity index (χ1n) is 6.11. The highest BCUT2D eigenvalue weighted by atomic mass is 32.2. The summed E-state index contributed by atoms with van der Waals surface area (Å²) in [6.07, 6.45) is 0. The Kier molecular flexibility index (Phi) is 5.14. The normalized spacial score (nSPS) is 11.5. The van der Waals surface area contributed by atoms with Crippen molar-refractivity contribution in [1.82, 2.24) is 10.2 Å². The summed E-state index contributed by atoms with van der Waals surface area (Å²) < 4.78 is 0.729. The van der Waals surface area contributed by atoms with Gasteiger partial charge in [0, 0.05) is 12.7 Å². The minimum Gasteiger partial charge on any atom is -0.363 e. The fourth-order valence-electron chi connectivity index (χ4n) is 1.47. The number of rotatable bonds is 5. The molecule has 2 N–H and O–H groups in total. The van der Waals surface area contributed by atoms with Crippen molar-refractivity contribution in [3.8, 4) is 6.07 Å². The Morgan fingerprint density at radius 1 is 1.48 bits per heavy atom. The van der Waals surface area contributed by atoms with E-state index in [1.165, 1.54) is 23.1 Å². The third-order valence-corrected chi connectivity index (χ3v) is 4.65. The molecule has 0 aliphatic heterocycles. The topological polar surface area (TPSA) is 90.7 Å². The van der Waals surface area contributed by atoms with Crippen LogP contribution >= 0.6 is 23.1 Å². The van der Waals surface area contributed by atoms with Crippen LogP contribution in [0.25, 0.3) is 0 Å². The Morgan fingerprint density at radius 3 is 2.95 bits per heavy atom. The minimum absolute atomic E-state index is 0.142. The molecular weight excluding hydrogens is 306 g/mol. The quantitative estimate of drug-likeness (QED) is 0.823. The van der Waals surface area contributed by atoms with E-state index in [9.17, 15) is 4.79 Å². The molecule has 2 rings (SSSR count). The molecule has 1 heterocycles. The molecule has 0 saturated heterocycles. The second kappa shape index (κ2) is 7.06. The molecular formula is C13H13N5OS2. The summed E-state index contributed by atoms with van der Waals surface area (Å²) in [7, 11) is 1.77. The smallest absolute Gasteiger partial charge is 0.237 e. The molecule has 0 saturated carbocycles. The zero-order valence-electron chi connectivity index (χ0n) is 11.5. The highest BCUT2D eigenvalue weighted by Gasteiger charge is 2.17. The van der Waals surface area contributed by atoms with Gasteiger partial charge in [0.25, 0.3) is 0 Å². The fraction of sp³-hybridized carbons (Fsp3) is 0.231. The first-order chi connectivity index (χ1) is 10.1. The van der Waals surface area contributed by atoms with E-state index in [0.29, 0.717) is 16.4 Å². The molecule has 0 bridgehead atoms. The molecule has 0 unspecified atom stereocenters. The van der Waals surface area contributed by atoms with Gasteiger partial charge in [-0.05, 0) is 25.1 Å². The third-order valence-electron chi connectivity index (χ3n) is 2.53. The number of benzene rings is 1. The van der Waals surface area contributed by atoms with Crippen LogP contribution in [-0.4, -0.2) is 28.4 Å². The van der Waals surface area contributed by atoms with Crippen molar-refractivity contribution in [2.45, 2.75) is 16.5 Å². The van der Waals surface area contributed by atoms with E-state index in [1.54, 1.807) is 38.2 Å². The van der Waals surface area contributed by atoms with Crippen molar-refractivity contribution in [3.63, 3.8) is 0 Å². The largest absolute Gasteiger partial charge is 0.363 e. The van der Waals surface area contributed by atoms with Crippen LogP contribution in [0.5, 0.6) is 0 Å². The second-order valence-corrected chi connectivity index (χ2v) is 6.63. The lowest BCUT2D eigenvalue weighted by molar-refractivity contribution is -0.115. The summed E-state index contributed by atoms with van der Waals surface area (Å²) in [6.45, 7) is 1.80. The molecule has 0 aliphatic rings. The van der Waals surface area contributed by atoms with E-state index < -0.39 is 0 Å². The van der Waals surface area contributed by atoms with Crippen molar-refractivity contribution < 1.29 is 4.79 Å². The lowest BCUT2D eigenvalue weighted by Crippen LogP contribution is -2.22. The number of nitrogens with zero attached hydrogens (tertiary/aromatic N) is 3. The van der Waals surface area contributed by atoms with Gasteiger partial charge in [-0.1, -0.05) is 29.2 Å². The monoisotopic (exact) mass is 319 g/mol. The van der Waals surface area contributed by atoms with Gasteiger partial charge in [-0.25, -0.2) is 0 Å². The van der Waals surface area contributed by atoms with Crippen molar-refractivity contribution >= 4 is 39.8 Å². The van der Waals surface area contributed by atoms with Crippen LogP contribution < -0.4 is 10.6 Å². The molecule has 1 amide bonds. The van der Waals surface area contributed by atoms with Gasteiger partial charge in [-0.15, -0.1) is 10.2 Å². The van der Waals surface area contributed by atoms with Gasteiger partial charge in [0.1, 0.15) is 0 Å². The van der Waals surface area contributed by atoms with Gasteiger partial charge < -0.3 is 10.6 Å². The Bertz CT molecular complexity index is 679. The number of nitriles is 1. The summed E-state index contributed by atoms with van der Waals surface area (Å²) in [5.74, 6) is -0.142. The fourth-order valence-corrected chi connectivity index (χ4v) is 3.32. The summed E-state index contributed by atoms with van der Waals surface area (Å²) in [5, 5.41) is 22.8. The number of nitrogens with one attached hydrogen (secondary N) is 2. The number of anilines is 2. The van der Waals surface area contributed by atoms with E-state index in [1.807, 2.05) is 6.07 Å². The molecule has 0 radical (unpaired) electrons. The molecule has 1 aromatic carbocycles. The first kappa shape index (κ1) is 15.3. The maximum atomic E-state index is 12.1. The maximum absolute atomic E-state index is 12.1. The lowest BCUT2D eigenvalue weighted by Gasteiger charge is -2.10. The van der Waals surface area contributed by atoms with E-state index in [4.69, 9.17) is 5.26 Å². The highest BCUT2D eigenvalue weighted by Crippen LogP contribution is 2.29. The number of hydrogen-bond acceptors (Lipinski definition) is 7. The predicted molar refractivity (Wildman–Crippen MR) is 84.6 cm³/mol. The van der Waals surface area contributed by atoms with Crippen LogP contribution in [0.4, 0.5) is 10.8 Å². The zero-order valence-corrected chi connectivity index (χ0v) is 13.1. The number of thioether (sulfide) groups is 1.